The molecule has 0 aromatic heterocycles. The highest BCUT2D eigenvalue weighted by molar-refractivity contribution is 8.09. The van der Waals surface area contributed by atoms with Crippen molar-refractivity contribution in [1.29, 1.82) is 0 Å². The molecular weight excluding hydrogens is 359 g/mol. The molecule has 0 unspecified atom stereocenters. The third-order valence-electron chi connectivity index (χ3n) is 2.98. The van der Waals surface area contributed by atoms with E-state index in [0.29, 0.717) is 5.11 Å². The van der Waals surface area contributed by atoms with Crippen LogP contribution in [-0.4, -0.2) is 17.3 Å². The number of benzene rings is 2. The van der Waals surface area contributed by atoms with Crippen molar-refractivity contribution in [3.05, 3.63) is 42.5 Å². The number of nitrogens with one attached hydrogen (secondary N) is 2. The van der Waals surface area contributed by atoms with Crippen LogP contribution in [-0.2, 0) is 20.9 Å². The monoisotopic (exact) mass is 382 g/mol. The van der Waals surface area contributed by atoms with E-state index in [2.05, 4.69) is 22.5 Å². The summed E-state index contributed by atoms with van der Waals surface area (Å²) in [6.07, 6.45) is -0.107. The molecule has 0 bridgehead atoms. The molecule has 0 aliphatic heterocycles. The average Bonchev–Trinajstić information content (AvgIpc) is 2.45. The van der Waals surface area contributed by atoms with Crippen LogP contribution in [0.4, 0.5) is 5.69 Å². The lowest BCUT2D eigenvalue weighted by molar-refractivity contribution is 0.172. The topological polar surface area (TPSA) is 42.5 Å². The SMILES string of the molecule is CC(C)OP(=S)(NC(=S)Nc1cccc2ccccc12)OC(C)C. The van der Waals surface area contributed by atoms with E-state index < -0.39 is 6.64 Å². The van der Waals surface area contributed by atoms with Gasteiger partial charge in [-0.15, -0.1) is 0 Å². The number of hydrogen-bond donors (Lipinski definition) is 2. The molecule has 0 radical (unpaired) electrons. The number of hydrogen-bond acceptors (Lipinski definition) is 4. The highest BCUT2D eigenvalue weighted by Crippen LogP contribution is 2.46. The highest BCUT2D eigenvalue weighted by atomic mass is 32.5. The second kappa shape index (κ2) is 8.37. The second-order valence-corrected chi connectivity index (χ2v) is 9.39. The van der Waals surface area contributed by atoms with Crippen LogP contribution in [0.5, 0.6) is 0 Å². The Morgan fingerprint density at radius 2 is 1.54 bits per heavy atom. The van der Waals surface area contributed by atoms with Gasteiger partial charge in [-0.3, -0.25) is 5.09 Å². The van der Waals surface area contributed by atoms with Crippen LogP contribution in [0.2, 0.25) is 0 Å². The number of fused-ring (bicyclic) bond motifs is 1. The summed E-state index contributed by atoms with van der Waals surface area (Å²) in [5.41, 5.74) is 0.918. The molecule has 24 heavy (non-hydrogen) atoms. The van der Waals surface area contributed by atoms with Crippen molar-refractivity contribution in [2.75, 3.05) is 5.32 Å². The van der Waals surface area contributed by atoms with Gasteiger partial charge in [-0.25, -0.2) is 0 Å². The zero-order valence-corrected chi connectivity index (χ0v) is 16.8. The van der Waals surface area contributed by atoms with Crippen LogP contribution in [0.3, 0.4) is 0 Å². The average molecular weight is 382 g/mol. The number of anilines is 1. The van der Waals surface area contributed by atoms with Crippen molar-refractivity contribution in [2.24, 2.45) is 0 Å². The molecule has 0 amide bonds. The fourth-order valence-corrected chi connectivity index (χ4v) is 5.76. The van der Waals surface area contributed by atoms with E-state index in [9.17, 15) is 0 Å². The summed E-state index contributed by atoms with van der Waals surface area (Å²) >= 11 is 11.0. The third-order valence-corrected chi connectivity index (χ3v) is 6.02. The maximum absolute atomic E-state index is 5.81. The fraction of sp³-hybridized carbons (Fsp3) is 0.353. The molecular formula is C17H23N2O2PS2. The van der Waals surface area contributed by atoms with Crippen LogP contribution >= 0.6 is 18.9 Å². The molecule has 2 N–H and O–H groups in total. The predicted molar refractivity (Wildman–Crippen MR) is 110 cm³/mol. The quantitative estimate of drug-likeness (QED) is 0.529. The first-order valence-electron chi connectivity index (χ1n) is 7.83. The van der Waals surface area contributed by atoms with E-state index in [0.717, 1.165) is 16.5 Å². The van der Waals surface area contributed by atoms with Crippen LogP contribution in [0.25, 0.3) is 10.8 Å². The highest BCUT2D eigenvalue weighted by Gasteiger charge is 2.24. The first-order chi connectivity index (χ1) is 11.3. The van der Waals surface area contributed by atoms with Gasteiger partial charge in [0.05, 0.1) is 12.2 Å². The first-order valence-corrected chi connectivity index (χ1v) is 10.9. The largest absolute Gasteiger partial charge is 0.332 e. The summed E-state index contributed by atoms with van der Waals surface area (Å²) in [4.78, 5) is 0. The Balaban J connectivity index is 2.17. The Hall–Kier alpha value is -1.04. The molecule has 4 nitrogen and oxygen atoms in total. The third kappa shape index (κ3) is 5.50. The molecule has 0 heterocycles. The van der Waals surface area contributed by atoms with Crippen LogP contribution in [0, 0.1) is 0 Å². The minimum absolute atomic E-state index is 0.0533. The number of thiocarbonyl (C=S) groups is 1. The van der Waals surface area contributed by atoms with E-state index >= 15 is 0 Å². The predicted octanol–water partition coefficient (Wildman–Crippen LogP) is 5.20. The fourth-order valence-electron chi connectivity index (χ4n) is 2.24. The summed E-state index contributed by atoms with van der Waals surface area (Å²) in [7, 11) is 0. The maximum atomic E-state index is 5.81. The summed E-state index contributed by atoms with van der Waals surface area (Å²) < 4.78 is 11.6. The van der Waals surface area contributed by atoms with Gasteiger partial charge in [0.1, 0.15) is 0 Å². The standard InChI is InChI=1S/C17H23N2O2PS2/c1-12(2)20-22(24,21-13(3)4)19-17(23)18-16-11-7-9-14-8-5-6-10-15(14)16/h5-13H,1-4H3,(H2,18,19,23,24). The molecule has 0 atom stereocenters. The second-order valence-electron chi connectivity index (χ2n) is 5.90. The van der Waals surface area contributed by atoms with E-state index in [-0.39, 0.29) is 12.2 Å². The molecule has 7 heteroatoms. The van der Waals surface area contributed by atoms with Crippen molar-refractivity contribution >= 4 is 52.2 Å². The van der Waals surface area contributed by atoms with Gasteiger partial charge in [-0.05, 0) is 63.2 Å². The molecule has 130 valence electrons. The lowest BCUT2D eigenvalue weighted by atomic mass is 10.1. The molecule has 0 saturated carbocycles. The molecule has 2 aromatic carbocycles. The van der Waals surface area contributed by atoms with Gasteiger partial charge in [0.15, 0.2) is 5.11 Å². The summed E-state index contributed by atoms with van der Waals surface area (Å²) in [5, 5.41) is 8.91. The van der Waals surface area contributed by atoms with Gasteiger partial charge in [-0.2, -0.15) is 0 Å². The minimum Gasteiger partial charge on any atom is -0.332 e. The van der Waals surface area contributed by atoms with Gasteiger partial charge < -0.3 is 14.4 Å². The van der Waals surface area contributed by atoms with Crippen molar-refractivity contribution < 1.29 is 9.05 Å². The van der Waals surface area contributed by atoms with Crippen molar-refractivity contribution in [3.63, 3.8) is 0 Å². The minimum atomic E-state index is -2.71. The van der Waals surface area contributed by atoms with E-state index in [1.54, 1.807) is 0 Å². The number of rotatable bonds is 6. The smallest absolute Gasteiger partial charge is 0.289 e. The summed E-state index contributed by atoms with van der Waals surface area (Å²) in [6.45, 7) is 4.99. The lowest BCUT2D eigenvalue weighted by Gasteiger charge is -2.27. The van der Waals surface area contributed by atoms with Gasteiger partial charge in [0.2, 0.25) is 0 Å². The van der Waals surface area contributed by atoms with E-state index in [1.165, 1.54) is 0 Å². The Kier molecular flexibility index (Phi) is 6.72. The van der Waals surface area contributed by atoms with Gasteiger partial charge in [0, 0.05) is 11.1 Å². The maximum Gasteiger partial charge on any atom is 0.289 e. The first kappa shape index (κ1) is 19.3. The van der Waals surface area contributed by atoms with E-state index in [1.807, 2.05) is 58.0 Å². The van der Waals surface area contributed by atoms with Gasteiger partial charge in [-0.1, -0.05) is 36.4 Å². The summed E-state index contributed by atoms with van der Waals surface area (Å²) in [5.74, 6) is 0. The molecule has 0 saturated heterocycles. The molecule has 0 spiro atoms. The molecule has 2 aromatic rings. The van der Waals surface area contributed by atoms with Crippen LogP contribution < -0.4 is 10.4 Å². The Labute approximate surface area is 154 Å². The van der Waals surface area contributed by atoms with Crippen LogP contribution in [0.15, 0.2) is 42.5 Å². The Morgan fingerprint density at radius 3 is 2.17 bits per heavy atom. The Bertz CT molecular complexity index is 746. The summed E-state index contributed by atoms with van der Waals surface area (Å²) in [6, 6.07) is 14.1. The molecule has 0 aliphatic carbocycles. The van der Waals surface area contributed by atoms with Crippen molar-refractivity contribution in [2.45, 2.75) is 39.9 Å². The lowest BCUT2D eigenvalue weighted by Crippen LogP contribution is -2.29. The Morgan fingerprint density at radius 1 is 0.958 bits per heavy atom. The van der Waals surface area contributed by atoms with Crippen molar-refractivity contribution in [3.8, 4) is 0 Å². The van der Waals surface area contributed by atoms with Gasteiger partial charge in [0.25, 0.3) is 6.64 Å². The van der Waals surface area contributed by atoms with Gasteiger partial charge >= 0.3 is 0 Å². The molecule has 0 aliphatic rings. The van der Waals surface area contributed by atoms with E-state index in [4.69, 9.17) is 33.1 Å². The normalized spacial score (nSPS) is 11.9. The van der Waals surface area contributed by atoms with Crippen molar-refractivity contribution in [1.82, 2.24) is 5.09 Å². The molecule has 0 fully saturated rings. The molecule has 2 rings (SSSR count). The zero-order valence-electron chi connectivity index (χ0n) is 14.3. The van der Waals surface area contributed by atoms with Crippen LogP contribution in [0.1, 0.15) is 27.7 Å². The zero-order chi connectivity index (χ0) is 17.7.